The van der Waals surface area contributed by atoms with Crippen molar-refractivity contribution >= 4 is 23.7 Å². The fourth-order valence-corrected chi connectivity index (χ4v) is 4.49. The Labute approximate surface area is 151 Å². The summed E-state index contributed by atoms with van der Waals surface area (Å²) >= 11 is 1.53. The molecule has 3 heterocycles. The summed E-state index contributed by atoms with van der Waals surface area (Å²) in [4.78, 5) is 39.6. The molecule has 1 fully saturated rings. The molecule has 6 nitrogen and oxygen atoms in total. The van der Waals surface area contributed by atoms with Crippen LogP contribution < -0.4 is 11.2 Å². The maximum Gasteiger partial charge on any atom is 0.331 e. The highest BCUT2D eigenvalue weighted by atomic mass is 32.2. The first kappa shape index (κ1) is 18.0. The number of likely N-dealkylation sites (tertiary alicyclic amines) is 1. The van der Waals surface area contributed by atoms with Crippen molar-refractivity contribution in [1.29, 1.82) is 0 Å². The molecule has 0 atom stereocenters. The highest BCUT2D eigenvalue weighted by molar-refractivity contribution is 7.99. The van der Waals surface area contributed by atoms with Gasteiger partial charge in [-0.05, 0) is 38.2 Å². The van der Waals surface area contributed by atoms with Crippen LogP contribution in [0, 0.1) is 0 Å². The molecule has 3 rings (SSSR count). The van der Waals surface area contributed by atoms with Crippen LogP contribution in [0.15, 0.2) is 20.7 Å². The Morgan fingerprint density at radius 2 is 1.88 bits per heavy atom. The van der Waals surface area contributed by atoms with E-state index in [0.717, 1.165) is 44.5 Å². The Balaban J connectivity index is 1.98. The first-order chi connectivity index (χ1) is 12.1. The number of fused-ring (bicyclic) bond motifs is 1. The van der Waals surface area contributed by atoms with E-state index < -0.39 is 0 Å². The van der Waals surface area contributed by atoms with Crippen LogP contribution in [0.5, 0.6) is 0 Å². The molecule has 0 unspecified atom stereocenters. The molecule has 1 saturated heterocycles. The maximum atomic E-state index is 12.8. The highest BCUT2D eigenvalue weighted by Crippen LogP contribution is 2.25. The molecule has 136 valence electrons. The summed E-state index contributed by atoms with van der Waals surface area (Å²) in [6, 6.07) is 0. The first-order valence-electron chi connectivity index (χ1n) is 9.11. The molecular formula is C18H25N3O3S. The summed E-state index contributed by atoms with van der Waals surface area (Å²) in [6.07, 6.45) is 7.99. The second kappa shape index (κ2) is 8.08. The number of nitrogens with zero attached hydrogens (tertiary/aromatic N) is 3. The summed E-state index contributed by atoms with van der Waals surface area (Å²) in [6.45, 7) is 4.55. The van der Waals surface area contributed by atoms with Crippen molar-refractivity contribution in [2.45, 2.75) is 57.1 Å². The first-order valence-corrected chi connectivity index (χ1v) is 10.1. The average Bonchev–Trinajstić information content (AvgIpc) is 2.65. The third-order valence-corrected chi connectivity index (χ3v) is 5.89. The third-order valence-electron chi connectivity index (χ3n) is 4.69. The topological polar surface area (TPSA) is 64.3 Å². The summed E-state index contributed by atoms with van der Waals surface area (Å²) in [5.74, 6) is 0.837. The lowest BCUT2D eigenvalue weighted by Crippen LogP contribution is -2.43. The van der Waals surface area contributed by atoms with Crippen molar-refractivity contribution in [1.82, 2.24) is 14.0 Å². The summed E-state index contributed by atoms with van der Waals surface area (Å²) in [5, 5.41) is 0.705. The number of carbonyl (C=O) groups is 1. The standard InChI is InChI=1S/C18H25N3O3S/c1-2-9-20-16(23)14(17-21(18(20)24)12-6-13-25-17)7-8-15(22)19-10-4-3-5-11-19/h7-8H,2-6,9-13H2,1H3/b8-7+. The molecule has 0 aromatic carbocycles. The number of thioether (sulfide) groups is 1. The Morgan fingerprint density at radius 1 is 1.12 bits per heavy atom. The Morgan fingerprint density at radius 3 is 2.60 bits per heavy atom. The fraction of sp³-hybridized carbons (Fsp3) is 0.611. The number of piperidine rings is 1. The molecule has 0 radical (unpaired) electrons. The van der Waals surface area contributed by atoms with Gasteiger partial charge in [-0.3, -0.25) is 18.7 Å². The van der Waals surface area contributed by atoms with Gasteiger partial charge in [0.15, 0.2) is 0 Å². The molecule has 0 bridgehead atoms. The van der Waals surface area contributed by atoms with E-state index in [1.807, 2.05) is 11.8 Å². The van der Waals surface area contributed by atoms with E-state index in [0.29, 0.717) is 23.7 Å². The Hall–Kier alpha value is -1.76. The molecule has 0 N–H and O–H groups in total. The van der Waals surface area contributed by atoms with Crippen LogP contribution in [0.2, 0.25) is 0 Å². The van der Waals surface area contributed by atoms with E-state index in [4.69, 9.17) is 0 Å². The Bertz CT molecular complexity index is 788. The second-order valence-corrected chi connectivity index (χ2v) is 7.61. The Kier molecular flexibility index (Phi) is 5.83. The van der Waals surface area contributed by atoms with Gasteiger partial charge in [0, 0.05) is 38.0 Å². The van der Waals surface area contributed by atoms with Crippen LogP contribution in [0.3, 0.4) is 0 Å². The molecule has 0 saturated carbocycles. The van der Waals surface area contributed by atoms with Crippen molar-refractivity contribution in [2.75, 3.05) is 18.8 Å². The normalized spacial score (nSPS) is 17.7. The van der Waals surface area contributed by atoms with Crippen LogP contribution in [0.1, 0.15) is 44.6 Å². The molecule has 2 aliphatic heterocycles. The van der Waals surface area contributed by atoms with Crippen molar-refractivity contribution in [2.24, 2.45) is 0 Å². The lowest BCUT2D eigenvalue weighted by Gasteiger charge is -2.25. The predicted octanol–water partition coefficient (Wildman–Crippen LogP) is 1.94. The van der Waals surface area contributed by atoms with Crippen molar-refractivity contribution in [3.63, 3.8) is 0 Å². The SMILES string of the molecule is CCCn1c(=O)c(/C=C/C(=O)N2CCCCC2)c2n(c1=O)CCCS2. The lowest BCUT2D eigenvalue weighted by molar-refractivity contribution is -0.126. The minimum Gasteiger partial charge on any atom is -0.339 e. The zero-order chi connectivity index (χ0) is 17.8. The molecule has 1 amide bonds. The van der Waals surface area contributed by atoms with Gasteiger partial charge in [-0.25, -0.2) is 4.79 Å². The van der Waals surface area contributed by atoms with Gasteiger partial charge in [-0.15, -0.1) is 11.8 Å². The average molecular weight is 363 g/mol. The smallest absolute Gasteiger partial charge is 0.331 e. The van der Waals surface area contributed by atoms with Crippen LogP contribution in [0.4, 0.5) is 0 Å². The van der Waals surface area contributed by atoms with Crippen LogP contribution in [-0.2, 0) is 17.9 Å². The van der Waals surface area contributed by atoms with Gasteiger partial charge in [0.05, 0.1) is 10.6 Å². The van der Waals surface area contributed by atoms with Crippen LogP contribution in [-0.4, -0.2) is 38.8 Å². The van der Waals surface area contributed by atoms with Gasteiger partial charge >= 0.3 is 5.69 Å². The van der Waals surface area contributed by atoms with Gasteiger partial charge in [-0.2, -0.15) is 0 Å². The number of hydrogen-bond donors (Lipinski definition) is 0. The van der Waals surface area contributed by atoms with E-state index in [9.17, 15) is 14.4 Å². The summed E-state index contributed by atoms with van der Waals surface area (Å²) in [7, 11) is 0. The second-order valence-electron chi connectivity index (χ2n) is 6.53. The van der Waals surface area contributed by atoms with Crippen LogP contribution in [0.25, 0.3) is 6.08 Å². The lowest BCUT2D eigenvalue weighted by atomic mass is 10.1. The van der Waals surface area contributed by atoms with E-state index >= 15 is 0 Å². The van der Waals surface area contributed by atoms with Gasteiger partial charge in [0.25, 0.3) is 5.56 Å². The zero-order valence-electron chi connectivity index (χ0n) is 14.7. The molecule has 7 heteroatoms. The largest absolute Gasteiger partial charge is 0.339 e. The van der Waals surface area contributed by atoms with E-state index in [1.54, 1.807) is 10.6 Å². The highest BCUT2D eigenvalue weighted by Gasteiger charge is 2.21. The maximum absolute atomic E-state index is 12.8. The number of hydrogen-bond acceptors (Lipinski definition) is 4. The van der Waals surface area contributed by atoms with Gasteiger partial charge in [0.1, 0.15) is 0 Å². The fourth-order valence-electron chi connectivity index (χ4n) is 3.38. The van der Waals surface area contributed by atoms with Gasteiger partial charge in [0.2, 0.25) is 5.91 Å². The number of rotatable bonds is 4. The minimum absolute atomic E-state index is 0.0492. The molecule has 0 aliphatic carbocycles. The summed E-state index contributed by atoms with van der Waals surface area (Å²) < 4.78 is 3.00. The molecule has 1 aromatic heterocycles. The molecule has 0 spiro atoms. The predicted molar refractivity (Wildman–Crippen MR) is 100 cm³/mol. The quantitative estimate of drug-likeness (QED) is 0.606. The van der Waals surface area contributed by atoms with Crippen molar-refractivity contribution < 1.29 is 4.79 Å². The molecule has 1 aromatic rings. The van der Waals surface area contributed by atoms with Crippen molar-refractivity contribution in [3.05, 3.63) is 32.5 Å². The number of carbonyl (C=O) groups excluding carboxylic acids is 1. The third kappa shape index (κ3) is 3.76. The zero-order valence-corrected chi connectivity index (χ0v) is 15.5. The van der Waals surface area contributed by atoms with Gasteiger partial charge < -0.3 is 4.90 Å². The van der Waals surface area contributed by atoms with E-state index in [2.05, 4.69) is 0 Å². The molecule has 2 aliphatic rings. The molecular weight excluding hydrogens is 338 g/mol. The van der Waals surface area contributed by atoms with Crippen molar-refractivity contribution in [3.8, 4) is 0 Å². The number of amides is 1. The molecule has 25 heavy (non-hydrogen) atoms. The van der Waals surface area contributed by atoms with Crippen LogP contribution >= 0.6 is 11.8 Å². The van der Waals surface area contributed by atoms with E-state index in [1.165, 1.54) is 28.8 Å². The number of aromatic nitrogens is 2. The van der Waals surface area contributed by atoms with E-state index in [-0.39, 0.29) is 17.2 Å². The summed E-state index contributed by atoms with van der Waals surface area (Å²) in [5.41, 5.74) is -0.0353. The minimum atomic E-state index is -0.282. The van der Waals surface area contributed by atoms with Gasteiger partial charge in [-0.1, -0.05) is 6.92 Å². The monoisotopic (exact) mass is 363 g/mol.